The van der Waals surface area contributed by atoms with Gasteiger partial charge in [0.25, 0.3) is 5.91 Å². The van der Waals surface area contributed by atoms with Crippen molar-refractivity contribution in [2.24, 2.45) is 0 Å². The number of carbonyl (C=O) groups is 2. The third kappa shape index (κ3) is 4.84. The van der Waals surface area contributed by atoms with Gasteiger partial charge in [0.1, 0.15) is 11.4 Å². The van der Waals surface area contributed by atoms with E-state index in [0.29, 0.717) is 41.4 Å². The normalized spacial score (nSPS) is 10.5. The van der Waals surface area contributed by atoms with Gasteiger partial charge in [-0.15, -0.1) is 0 Å². The lowest BCUT2D eigenvalue weighted by atomic mass is 10.2. The maximum atomic E-state index is 12.4. The summed E-state index contributed by atoms with van der Waals surface area (Å²) in [4.78, 5) is 26.6. The van der Waals surface area contributed by atoms with Crippen LogP contribution in [0.3, 0.4) is 0 Å². The van der Waals surface area contributed by atoms with E-state index in [9.17, 15) is 9.59 Å². The highest BCUT2D eigenvalue weighted by Crippen LogP contribution is 2.41. The van der Waals surface area contributed by atoms with Gasteiger partial charge in [-0.3, -0.25) is 9.59 Å². The molecule has 8 nitrogen and oxygen atoms in total. The number of fused-ring (bicyclic) bond motifs is 1. The van der Waals surface area contributed by atoms with Crippen molar-refractivity contribution in [3.63, 3.8) is 0 Å². The summed E-state index contributed by atoms with van der Waals surface area (Å²) in [5, 5.41) is 3.60. The SMILES string of the molecule is COC(=O)CCCCCNC(=O)c1cc2c(OC)cc(OC)c(OC)c2[nH]1. The molecule has 2 aromatic rings. The average molecular weight is 378 g/mol. The maximum Gasteiger partial charge on any atom is 0.305 e. The lowest BCUT2D eigenvalue weighted by Crippen LogP contribution is -2.24. The van der Waals surface area contributed by atoms with E-state index in [-0.39, 0.29) is 11.9 Å². The summed E-state index contributed by atoms with van der Waals surface area (Å²) in [5.41, 5.74) is 1.04. The minimum absolute atomic E-state index is 0.213. The van der Waals surface area contributed by atoms with Crippen LogP contribution in [0.15, 0.2) is 12.1 Å². The predicted molar refractivity (Wildman–Crippen MR) is 101 cm³/mol. The number of hydrogen-bond donors (Lipinski definition) is 2. The molecule has 0 radical (unpaired) electrons. The number of nitrogens with one attached hydrogen (secondary N) is 2. The summed E-state index contributed by atoms with van der Waals surface area (Å²) in [5.74, 6) is 1.18. The van der Waals surface area contributed by atoms with Crippen molar-refractivity contribution < 1.29 is 28.5 Å². The van der Waals surface area contributed by atoms with Crippen molar-refractivity contribution in [3.8, 4) is 17.2 Å². The fraction of sp³-hybridized carbons (Fsp3) is 0.474. The molecule has 1 heterocycles. The number of carbonyl (C=O) groups excluding carboxylic acids is 2. The summed E-state index contributed by atoms with van der Waals surface area (Å²) < 4.78 is 20.7. The summed E-state index contributed by atoms with van der Waals surface area (Å²) in [7, 11) is 6.02. The number of methoxy groups -OCH3 is 4. The first-order chi connectivity index (χ1) is 13.0. The Morgan fingerprint density at radius 1 is 0.963 bits per heavy atom. The fourth-order valence-electron chi connectivity index (χ4n) is 2.83. The fourth-order valence-corrected chi connectivity index (χ4v) is 2.83. The number of rotatable bonds is 10. The average Bonchev–Trinajstić information content (AvgIpc) is 3.14. The van der Waals surface area contributed by atoms with Crippen LogP contribution in [0.2, 0.25) is 0 Å². The van der Waals surface area contributed by atoms with Gasteiger partial charge in [0, 0.05) is 24.4 Å². The quantitative estimate of drug-likeness (QED) is 0.487. The third-order valence-electron chi connectivity index (χ3n) is 4.26. The molecule has 148 valence electrons. The van der Waals surface area contributed by atoms with Crippen molar-refractivity contribution in [3.05, 3.63) is 17.8 Å². The van der Waals surface area contributed by atoms with Crippen LogP contribution < -0.4 is 19.5 Å². The van der Waals surface area contributed by atoms with Gasteiger partial charge < -0.3 is 29.2 Å². The molecular weight excluding hydrogens is 352 g/mol. The van der Waals surface area contributed by atoms with Gasteiger partial charge in [0.05, 0.1) is 34.0 Å². The Bertz CT molecular complexity index is 799. The van der Waals surface area contributed by atoms with Crippen molar-refractivity contribution >= 4 is 22.8 Å². The number of H-pyrrole nitrogens is 1. The zero-order chi connectivity index (χ0) is 19.8. The molecule has 1 aromatic heterocycles. The van der Waals surface area contributed by atoms with Crippen LogP contribution in [-0.2, 0) is 9.53 Å². The van der Waals surface area contributed by atoms with Gasteiger partial charge in [0.15, 0.2) is 11.5 Å². The largest absolute Gasteiger partial charge is 0.496 e. The van der Waals surface area contributed by atoms with Crippen molar-refractivity contribution in [1.82, 2.24) is 10.3 Å². The molecule has 0 unspecified atom stereocenters. The molecule has 0 aliphatic heterocycles. The molecular formula is C19H26N2O6. The number of aromatic nitrogens is 1. The highest BCUT2D eigenvalue weighted by molar-refractivity contribution is 6.02. The van der Waals surface area contributed by atoms with E-state index >= 15 is 0 Å². The molecule has 1 aromatic carbocycles. The Hall–Kier alpha value is -2.90. The van der Waals surface area contributed by atoms with Crippen molar-refractivity contribution in [2.75, 3.05) is 35.0 Å². The molecule has 1 amide bonds. The van der Waals surface area contributed by atoms with Crippen LogP contribution in [0.25, 0.3) is 10.9 Å². The zero-order valence-electron chi connectivity index (χ0n) is 16.1. The summed E-state index contributed by atoms with van der Waals surface area (Å²) in [6.07, 6.45) is 2.75. The van der Waals surface area contributed by atoms with Crippen LogP contribution in [0.1, 0.15) is 36.2 Å². The Labute approximate surface area is 158 Å². The highest BCUT2D eigenvalue weighted by Gasteiger charge is 2.19. The molecule has 0 saturated carbocycles. The van der Waals surface area contributed by atoms with Crippen molar-refractivity contribution in [2.45, 2.75) is 25.7 Å². The summed E-state index contributed by atoms with van der Waals surface area (Å²) in [6, 6.07) is 3.45. The number of benzene rings is 1. The van der Waals surface area contributed by atoms with Gasteiger partial charge >= 0.3 is 5.97 Å². The molecule has 0 aliphatic carbocycles. The summed E-state index contributed by atoms with van der Waals surface area (Å²) >= 11 is 0. The zero-order valence-corrected chi connectivity index (χ0v) is 16.1. The molecule has 0 bridgehead atoms. The van der Waals surface area contributed by atoms with Gasteiger partial charge in [-0.1, -0.05) is 6.42 Å². The van der Waals surface area contributed by atoms with Crippen LogP contribution in [0.5, 0.6) is 17.2 Å². The molecule has 0 saturated heterocycles. The molecule has 8 heteroatoms. The van der Waals surface area contributed by atoms with Gasteiger partial charge in [-0.2, -0.15) is 0 Å². The maximum absolute atomic E-state index is 12.4. The third-order valence-corrected chi connectivity index (χ3v) is 4.26. The standard InChI is InChI=1S/C19H26N2O6/c1-24-14-11-15(25-2)18(27-4)17-12(14)10-13(21-17)19(23)20-9-7-5-6-8-16(22)26-3/h10-11,21H,5-9H2,1-4H3,(H,20,23). The Morgan fingerprint density at radius 2 is 1.70 bits per heavy atom. The number of unbranched alkanes of at least 4 members (excludes halogenated alkanes) is 2. The molecule has 2 N–H and O–H groups in total. The minimum Gasteiger partial charge on any atom is -0.496 e. The van der Waals surface area contributed by atoms with E-state index in [2.05, 4.69) is 15.0 Å². The van der Waals surface area contributed by atoms with E-state index < -0.39 is 0 Å². The first kappa shape index (κ1) is 20.4. The molecule has 0 atom stereocenters. The van der Waals surface area contributed by atoms with E-state index in [1.165, 1.54) is 7.11 Å². The number of hydrogen-bond acceptors (Lipinski definition) is 6. The second-order valence-electron chi connectivity index (χ2n) is 5.93. The first-order valence-corrected chi connectivity index (χ1v) is 8.72. The topological polar surface area (TPSA) is 98.9 Å². The van der Waals surface area contributed by atoms with E-state index in [0.717, 1.165) is 24.6 Å². The Balaban J connectivity index is 2.03. The van der Waals surface area contributed by atoms with Crippen molar-refractivity contribution in [1.29, 1.82) is 0 Å². The van der Waals surface area contributed by atoms with Gasteiger partial charge in [-0.25, -0.2) is 0 Å². The second kappa shape index (κ2) is 9.70. The number of aromatic amines is 1. The number of amides is 1. The molecule has 2 rings (SSSR count). The first-order valence-electron chi connectivity index (χ1n) is 8.72. The summed E-state index contributed by atoms with van der Waals surface area (Å²) in [6.45, 7) is 0.521. The van der Waals surface area contributed by atoms with Gasteiger partial charge in [0.2, 0.25) is 0 Å². The molecule has 0 spiro atoms. The minimum atomic E-state index is -0.220. The van der Waals surface area contributed by atoms with Crippen LogP contribution in [0.4, 0.5) is 0 Å². The van der Waals surface area contributed by atoms with E-state index in [1.807, 2.05) is 0 Å². The number of esters is 1. The van der Waals surface area contributed by atoms with Gasteiger partial charge in [-0.05, 0) is 18.9 Å². The Morgan fingerprint density at radius 3 is 2.33 bits per heavy atom. The van der Waals surface area contributed by atoms with Crippen LogP contribution in [0, 0.1) is 0 Å². The van der Waals surface area contributed by atoms with E-state index in [4.69, 9.17) is 14.2 Å². The molecule has 27 heavy (non-hydrogen) atoms. The lowest BCUT2D eigenvalue weighted by molar-refractivity contribution is -0.140. The smallest absolute Gasteiger partial charge is 0.305 e. The monoisotopic (exact) mass is 378 g/mol. The highest BCUT2D eigenvalue weighted by atomic mass is 16.5. The molecule has 0 fully saturated rings. The predicted octanol–water partition coefficient (Wildman–Crippen LogP) is 2.66. The molecule has 0 aliphatic rings. The van der Waals surface area contributed by atoms with Crippen LogP contribution in [-0.4, -0.2) is 51.8 Å². The lowest BCUT2D eigenvalue weighted by Gasteiger charge is -2.11. The Kier molecular flexibility index (Phi) is 7.34. The van der Waals surface area contributed by atoms with Crippen LogP contribution >= 0.6 is 0 Å². The number of ether oxygens (including phenoxy) is 4. The second-order valence-corrected chi connectivity index (χ2v) is 5.93. The van der Waals surface area contributed by atoms with E-state index in [1.54, 1.807) is 33.5 Å².